The average molecular weight is 370 g/mol. The lowest BCUT2D eigenvalue weighted by molar-refractivity contribution is -0.141. The van der Waals surface area contributed by atoms with Crippen molar-refractivity contribution in [3.63, 3.8) is 0 Å². The highest BCUT2D eigenvalue weighted by atomic mass is 35.5. The Hall–Kier alpha value is -1.46. The van der Waals surface area contributed by atoms with E-state index in [0.29, 0.717) is 42.2 Å². The first kappa shape index (κ1) is 17.4. The molecule has 24 heavy (non-hydrogen) atoms. The summed E-state index contributed by atoms with van der Waals surface area (Å²) in [4.78, 5) is 26.8. The van der Waals surface area contributed by atoms with Crippen LogP contribution < -0.4 is 10.6 Å². The fraction of sp³-hybridized carbons (Fsp3) is 0.529. The Morgan fingerprint density at radius 1 is 1.17 bits per heavy atom. The molecule has 0 bridgehead atoms. The predicted molar refractivity (Wildman–Crippen MR) is 95.6 cm³/mol. The molecule has 0 aromatic heterocycles. The first-order valence-electron chi connectivity index (χ1n) is 8.01. The highest BCUT2D eigenvalue weighted by molar-refractivity contribution is 6.44. The number of piperidine rings is 1. The number of halogens is 2. The Kier molecular flexibility index (Phi) is 4.21. The van der Waals surface area contributed by atoms with Crippen LogP contribution in [0.25, 0.3) is 0 Å². The average Bonchev–Trinajstić information content (AvgIpc) is 2.50. The van der Waals surface area contributed by atoms with Crippen LogP contribution >= 0.6 is 23.2 Å². The van der Waals surface area contributed by atoms with E-state index in [9.17, 15) is 9.59 Å². The lowest BCUT2D eigenvalue weighted by Crippen LogP contribution is -2.63. The van der Waals surface area contributed by atoms with Crippen LogP contribution in [0.3, 0.4) is 0 Å². The van der Waals surface area contributed by atoms with Crippen molar-refractivity contribution in [3.05, 3.63) is 27.7 Å². The largest absolute Gasteiger partial charge is 0.362 e. The Bertz CT molecular complexity index is 705. The van der Waals surface area contributed by atoms with E-state index in [1.54, 1.807) is 12.1 Å². The number of amides is 2. The lowest BCUT2D eigenvalue weighted by Gasteiger charge is -2.46. The number of hydrogen-bond donors (Lipinski definition) is 2. The van der Waals surface area contributed by atoms with Crippen molar-refractivity contribution in [1.29, 1.82) is 0 Å². The molecular formula is C17H21Cl2N3O2. The summed E-state index contributed by atoms with van der Waals surface area (Å²) in [6, 6.07) is 3.46. The van der Waals surface area contributed by atoms with Gasteiger partial charge in [-0.05, 0) is 12.1 Å². The fourth-order valence-corrected chi connectivity index (χ4v) is 3.67. The number of likely N-dealkylation sites (tertiary alicyclic amines) is 1. The van der Waals surface area contributed by atoms with Crippen molar-refractivity contribution in [1.82, 2.24) is 10.2 Å². The molecule has 1 fully saturated rings. The molecule has 2 aliphatic rings. The summed E-state index contributed by atoms with van der Waals surface area (Å²) in [5.41, 5.74) is 0.118. The smallest absolute Gasteiger partial charge is 0.256 e. The van der Waals surface area contributed by atoms with Crippen LogP contribution in [-0.2, 0) is 4.79 Å². The number of benzene rings is 1. The van der Waals surface area contributed by atoms with E-state index in [0.717, 1.165) is 0 Å². The second-order valence-electron chi connectivity index (χ2n) is 7.49. The molecule has 7 heteroatoms. The molecule has 0 aliphatic carbocycles. The summed E-state index contributed by atoms with van der Waals surface area (Å²) >= 11 is 12.2. The van der Waals surface area contributed by atoms with Gasteiger partial charge in [-0.25, -0.2) is 0 Å². The first-order chi connectivity index (χ1) is 11.1. The van der Waals surface area contributed by atoms with Crippen LogP contribution in [0, 0.1) is 5.41 Å². The Balaban J connectivity index is 1.79. The van der Waals surface area contributed by atoms with Crippen molar-refractivity contribution in [3.8, 4) is 0 Å². The van der Waals surface area contributed by atoms with Gasteiger partial charge >= 0.3 is 0 Å². The normalized spacial score (nSPS) is 19.5. The molecule has 2 aliphatic heterocycles. The maximum absolute atomic E-state index is 12.5. The minimum atomic E-state index is -0.546. The summed E-state index contributed by atoms with van der Waals surface area (Å²) < 4.78 is 0. The van der Waals surface area contributed by atoms with E-state index < -0.39 is 11.1 Å². The Labute approximate surface area is 151 Å². The van der Waals surface area contributed by atoms with Crippen molar-refractivity contribution < 1.29 is 9.59 Å². The van der Waals surface area contributed by atoms with Crippen molar-refractivity contribution in [2.45, 2.75) is 39.3 Å². The van der Waals surface area contributed by atoms with Crippen LogP contribution in [-0.4, -0.2) is 35.5 Å². The zero-order valence-electron chi connectivity index (χ0n) is 14.0. The van der Waals surface area contributed by atoms with E-state index in [1.807, 2.05) is 25.7 Å². The van der Waals surface area contributed by atoms with Crippen molar-refractivity contribution >= 4 is 40.7 Å². The number of carbonyl (C=O) groups is 2. The third kappa shape index (κ3) is 2.95. The molecule has 1 saturated heterocycles. The van der Waals surface area contributed by atoms with E-state index in [4.69, 9.17) is 23.2 Å². The third-order valence-electron chi connectivity index (χ3n) is 4.59. The standard InChI is InChI=1S/C17H21Cl2N3O2/c1-16(2,3)15(24)22-8-6-17(7-9-22)20-11-5-4-10(18)13(19)12(11)14(23)21-17/h4-5,20H,6-9H2,1-3H3,(H,21,23). The Morgan fingerprint density at radius 3 is 2.38 bits per heavy atom. The molecule has 1 aromatic rings. The molecule has 1 spiro atoms. The van der Waals surface area contributed by atoms with Gasteiger partial charge in [0.1, 0.15) is 5.66 Å². The Morgan fingerprint density at radius 2 is 1.79 bits per heavy atom. The number of nitrogens with zero attached hydrogens (tertiary/aromatic N) is 1. The summed E-state index contributed by atoms with van der Waals surface area (Å²) in [7, 11) is 0. The quantitative estimate of drug-likeness (QED) is 0.735. The number of hydrogen-bond acceptors (Lipinski definition) is 3. The van der Waals surface area contributed by atoms with Gasteiger partial charge in [-0.1, -0.05) is 44.0 Å². The van der Waals surface area contributed by atoms with Crippen LogP contribution in [0.2, 0.25) is 10.0 Å². The second kappa shape index (κ2) is 5.81. The van der Waals surface area contributed by atoms with Gasteiger partial charge in [-0.15, -0.1) is 0 Å². The second-order valence-corrected chi connectivity index (χ2v) is 8.27. The van der Waals surface area contributed by atoms with Crippen LogP contribution in [0.4, 0.5) is 5.69 Å². The zero-order chi connectivity index (χ0) is 17.7. The summed E-state index contributed by atoms with van der Waals surface area (Å²) in [5, 5.41) is 7.03. The number of anilines is 1. The summed E-state index contributed by atoms with van der Waals surface area (Å²) in [6.07, 6.45) is 1.28. The minimum Gasteiger partial charge on any atom is -0.362 e. The molecule has 2 heterocycles. The van der Waals surface area contributed by atoms with Gasteiger partial charge in [0.25, 0.3) is 5.91 Å². The molecule has 1 aromatic carbocycles. The van der Waals surface area contributed by atoms with Gasteiger partial charge in [0, 0.05) is 31.3 Å². The van der Waals surface area contributed by atoms with Gasteiger partial charge in [-0.3, -0.25) is 9.59 Å². The van der Waals surface area contributed by atoms with Gasteiger partial charge in [0.05, 0.1) is 21.3 Å². The van der Waals surface area contributed by atoms with E-state index in [2.05, 4.69) is 10.6 Å². The van der Waals surface area contributed by atoms with E-state index in [-0.39, 0.29) is 16.8 Å². The molecular weight excluding hydrogens is 349 g/mol. The molecule has 0 atom stereocenters. The van der Waals surface area contributed by atoms with Crippen LogP contribution in [0.1, 0.15) is 44.0 Å². The van der Waals surface area contributed by atoms with Gasteiger partial charge in [-0.2, -0.15) is 0 Å². The van der Waals surface area contributed by atoms with Crippen LogP contribution in [0.5, 0.6) is 0 Å². The van der Waals surface area contributed by atoms with Crippen LogP contribution in [0.15, 0.2) is 12.1 Å². The number of nitrogens with one attached hydrogen (secondary N) is 2. The highest BCUT2D eigenvalue weighted by Crippen LogP contribution is 2.38. The lowest BCUT2D eigenvalue weighted by atomic mass is 9.89. The number of rotatable bonds is 0. The predicted octanol–water partition coefficient (Wildman–Crippen LogP) is 3.51. The van der Waals surface area contributed by atoms with Gasteiger partial charge in [0.15, 0.2) is 0 Å². The summed E-state index contributed by atoms with van der Waals surface area (Å²) in [6.45, 7) is 6.95. The van der Waals surface area contributed by atoms with Gasteiger partial charge in [0.2, 0.25) is 5.91 Å². The van der Waals surface area contributed by atoms with E-state index >= 15 is 0 Å². The summed E-state index contributed by atoms with van der Waals surface area (Å²) in [5.74, 6) is -0.0958. The highest BCUT2D eigenvalue weighted by Gasteiger charge is 2.43. The molecule has 0 radical (unpaired) electrons. The fourth-order valence-electron chi connectivity index (χ4n) is 3.26. The van der Waals surface area contributed by atoms with E-state index in [1.165, 1.54) is 0 Å². The molecule has 3 rings (SSSR count). The SMILES string of the molecule is CC(C)(C)C(=O)N1CCC2(CC1)NC(=O)c1c(ccc(Cl)c1Cl)N2. The minimum absolute atomic E-state index is 0.134. The molecule has 0 unspecified atom stereocenters. The number of carbonyl (C=O) groups excluding carboxylic acids is 2. The monoisotopic (exact) mass is 369 g/mol. The molecule has 0 saturated carbocycles. The maximum atomic E-state index is 12.5. The number of fused-ring (bicyclic) bond motifs is 1. The molecule has 2 N–H and O–H groups in total. The maximum Gasteiger partial charge on any atom is 0.256 e. The van der Waals surface area contributed by atoms with Crippen molar-refractivity contribution in [2.75, 3.05) is 18.4 Å². The van der Waals surface area contributed by atoms with Crippen molar-refractivity contribution in [2.24, 2.45) is 5.41 Å². The molecule has 130 valence electrons. The third-order valence-corrected chi connectivity index (χ3v) is 5.40. The molecule has 2 amide bonds. The first-order valence-corrected chi connectivity index (χ1v) is 8.77. The molecule has 5 nitrogen and oxygen atoms in total. The topological polar surface area (TPSA) is 61.4 Å². The zero-order valence-corrected chi connectivity index (χ0v) is 15.5. The van der Waals surface area contributed by atoms with Gasteiger partial charge < -0.3 is 15.5 Å².